The van der Waals surface area contributed by atoms with Crippen molar-refractivity contribution in [2.24, 2.45) is 17.4 Å². The molecule has 3 amide bonds. The van der Waals surface area contributed by atoms with Gasteiger partial charge in [-0.3, -0.25) is 14.4 Å². The number of amides is 3. The third-order valence-electron chi connectivity index (χ3n) is 4.42. The van der Waals surface area contributed by atoms with Gasteiger partial charge in [-0.05, 0) is 18.1 Å². The summed E-state index contributed by atoms with van der Waals surface area (Å²) in [6, 6.07) is 2.67. The number of nitrogens with one attached hydrogen (secondary N) is 1. The molecule has 1 aromatic heterocycles. The van der Waals surface area contributed by atoms with E-state index in [0.717, 1.165) is 0 Å². The van der Waals surface area contributed by atoms with Gasteiger partial charge in [0.25, 0.3) is 5.91 Å². The Morgan fingerprint density at radius 3 is 2.32 bits per heavy atom. The third-order valence-corrected chi connectivity index (χ3v) is 4.42. The van der Waals surface area contributed by atoms with E-state index in [0.29, 0.717) is 37.6 Å². The van der Waals surface area contributed by atoms with Crippen molar-refractivity contribution in [2.45, 2.75) is 19.9 Å². The number of carbonyl (C=O) groups is 3. The van der Waals surface area contributed by atoms with Crippen molar-refractivity contribution in [1.82, 2.24) is 15.2 Å². The van der Waals surface area contributed by atoms with Gasteiger partial charge in [-0.15, -0.1) is 24.8 Å². The average Bonchev–Trinajstić information content (AvgIpc) is 2.65. The number of aromatic nitrogens is 1. The molecule has 2 heterocycles. The van der Waals surface area contributed by atoms with E-state index in [2.05, 4.69) is 10.3 Å². The monoisotopic (exact) mass is 434 g/mol. The molecule has 158 valence electrons. The summed E-state index contributed by atoms with van der Waals surface area (Å²) in [7, 11) is 0. The fraction of sp³-hybridized carbons (Fsp3) is 0.529. The minimum atomic E-state index is -0.629. The quantitative estimate of drug-likeness (QED) is 0.565. The van der Waals surface area contributed by atoms with Gasteiger partial charge in [0, 0.05) is 32.4 Å². The Morgan fingerprint density at radius 1 is 1.18 bits per heavy atom. The van der Waals surface area contributed by atoms with Crippen LogP contribution in [-0.2, 0) is 9.59 Å². The molecule has 0 bridgehead atoms. The molecule has 0 radical (unpaired) electrons. The molecule has 1 saturated heterocycles. The Morgan fingerprint density at radius 2 is 1.79 bits per heavy atom. The zero-order chi connectivity index (χ0) is 19.3. The first-order valence-corrected chi connectivity index (χ1v) is 8.62. The van der Waals surface area contributed by atoms with E-state index in [1.807, 2.05) is 18.7 Å². The lowest BCUT2D eigenvalue weighted by Crippen LogP contribution is -2.53. The van der Waals surface area contributed by atoms with Crippen LogP contribution in [0.5, 0.6) is 0 Å². The van der Waals surface area contributed by atoms with Crippen LogP contribution in [0.2, 0.25) is 0 Å². The van der Waals surface area contributed by atoms with Gasteiger partial charge < -0.3 is 26.6 Å². The van der Waals surface area contributed by atoms with Gasteiger partial charge in [0.2, 0.25) is 11.8 Å². The smallest absolute Gasteiger partial charge is 0.252 e. The normalized spacial score (nSPS) is 14.6. The molecule has 0 saturated carbocycles. The number of piperazine rings is 1. The summed E-state index contributed by atoms with van der Waals surface area (Å²) in [6.45, 7) is 5.63. The van der Waals surface area contributed by atoms with Crippen molar-refractivity contribution < 1.29 is 14.4 Å². The number of nitrogens with zero attached hydrogens (tertiary/aromatic N) is 3. The Bertz CT molecular complexity index is 681. The van der Waals surface area contributed by atoms with Gasteiger partial charge in [-0.2, -0.15) is 0 Å². The van der Waals surface area contributed by atoms with Crippen molar-refractivity contribution >= 4 is 48.4 Å². The van der Waals surface area contributed by atoms with E-state index in [1.54, 1.807) is 23.2 Å². The van der Waals surface area contributed by atoms with Crippen LogP contribution in [0.15, 0.2) is 18.3 Å². The Hall–Kier alpha value is -2.10. The van der Waals surface area contributed by atoms with Gasteiger partial charge in [-0.1, -0.05) is 13.8 Å². The zero-order valence-electron chi connectivity index (χ0n) is 16.0. The number of anilines is 1. The van der Waals surface area contributed by atoms with Crippen molar-refractivity contribution in [3.05, 3.63) is 23.9 Å². The molecule has 1 aliphatic heterocycles. The third kappa shape index (κ3) is 6.50. The molecule has 1 aromatic rings. The molecule has 9 nitrogen and oxygen atoms in total. The van der Waals surface area contributed by atoms with E-state index in [1.165, 1.54) is 0 Å². The number of halogens is 2. The number of carbonyl (C=O) groups excluding carboxylic acids is 3. The molecule has 1 atom stereocenters. The molecule has 28 heavy (non-hydrogen) atoms. The van der Waals surface area contributed by atoms with Crippen LogP contribution in [-0.4, -0.2) is 66.4 Å². The van der Waals surface area contributed by atoms with Crippen molar-refractivity contribution in [3.8, 4) is 0 Å². The highest BCUT2D eigenvalue weighted by molar-refractivity contribution is 5.97. The second-order valence-electron chi connectivity index (χ2n) is 6.59. The SMILES string of the molecule is CC(C)[C@H](N)C(=O)NCC(=O)N1CCN(c2ncccc2C(N)=O)CC1.Cl.Cl. The minimum Gasteiger partial charge on any atom is -0.365 e. The van der Waals surface area contributed by atoms with Crippen molar-refractivity contribution in [2.75, 3.05) is 37.6 Å². The highest BCUT2D eigenvalue weighted by Gasteiger charge is 2.25. The maximum Gasteiger partial charge on any atom is 0.252 e. The van der Waals surface area contributed by atoms with E-state index >= 15 is 0 Å². The average molecular weight is 435 g/mol. The summed E-state index contributed by atoms with van der Waals surface area (Å²) in [5.41, 5.74) is 11.5. The van der Waals surface area contributed by atoms with E-state index < -0.39 is 11.9 Å². The summed E-state index contributed by atoms with van der Waals surface area (Å²) in [4.78, 5) is 43.5. The molecule has 0 aromatic carbocycles. The van der Waals surface area contributed by atoms with Crippen LogP contribution in [0.3, 0.4) is 0 Å². The molecular weight excluding hydrogens is 407 g/mol. The lowest BCUT2D eigenvalue weighted by molar-refractivity contribution is -0.133. The highest BCUT2D eigenvalue weighted by Crippen LogP contribution is 2.18. The first kappa shape index (κ1) is 25.9. The van der Waals surface area contributed by atoms with Crippen LogP contribution in [0.4, 0.5) is 5.82 Å². The van der Waals surface area contributed by atoms with Crippen LogP contribution in [0, 0.1) is 5.92 Å². The van der Waals surface area contributed by atoms with E-state index in [4.69, 9.17) is 11.5 Å². The lowest BCUT2D eigenvalue weighted by Gasteiger charge is -2.36. The predicted octanol–water partition coefficient (Wildman–Crippen LogP) is -0.228. The minimum absolute atomic E-state index is 0. The number of rotatable bonds is 6. The summed E-state index contributed by atoms with van der Waals surface area (Å²) in [6.07, 6.45) is 1.60. The van der Waals surface area contributed by atoms with Gasteiger partial charge >= 0.3 is 0 Å². The fourth-order valence-corrected chi connectivity index (χ4v) is 2.70. The molecule has 0 unspecified atom stereocenters. The first-order chi connectivity index (χ1) is 12.3. The van der Waals surface area contributed by atoms with Crippen LogP contribution < -0.4 is 21.7 Å². The fourth-order valence-electron chi connectivity index (χ4n) is 2.70. The molecular formula is C17H28Cl2N6O3. The maximum absolute atomic E-state index is 12.3. The number of nitrogens with two attached hydrogens (primary N) is 2. The number of primary amides is 1. The van der Waals surface area contributed by atoms with Crippen LogP contribution in [0.1, 0.15) is 24.2 Å². The second-order valence-corrected chi connectivity index (χ2v) is 6.59. The molecule has 2 rings (SSSR count). The zero-order valence-corrected chi connectivity index (χ0v) is 17.6. The summed E-state index contributed by atoms with van der Waals surface area (Å²) in [5.74, 6) is -0.484. The molecule has 0 spiro atoms. The molecule has 5 N–H and O–H groups in total. The van der Waals surface area contributed by atoms with E-state index in [-0.39, 0.29) is 49.1 Å². The number of hydrogen-bond donors (Lipinski definition) is 3. The standard InChI is InChI=1S/C17H26N6O3.2ClH/c1-11(2)14(18)17(26)21-10-13(24)22-6-8-23(9-7-22)16-12(15(19)25)4-3-5-20-16;;/h3-5,11,14H,6-10,18H2,1-2H3,(H2,19,25)(H,21,26);2*1H/t14-;;/m0../s1. The topological polar surface area (TPSA) is 135 Å². The molecule has 0 aliphatic carbocycles. The van der Waals surface area contributed by atoms with Gasteiger partial charge in [-0.25, -0.2) is 4.98 Å². The van der Waals surface area contributed by atoms with Crippen LogP contribution >= 0.6 is 24.8 Å². The van der Waals surface area contributed by atoms with Gasteiger partial charge in [0.05, 0.1) is 18.2 Å². The molecule has 1 aliphatic rings. The summed E-state index contributed by atoms with van der Waals surface area (Å²) in [5, 5.41) is 2.59. The van der Waals surface area contributed by atoms with Gasteiger partial charge in [0.15, 0.2) is 0 Å². The Kier molecular flexibility index (Phi) is 10.8. The highest BCUT2D eigenvalue weighted by atomic mass is 35.5. The summed E-state index contributed by atoms with van der Waals surface area (Å²) >= 11 is 0. The second kappa shape index (κ2) is 11.7. The van der Waals surface area contributed by atoms with Crippen LogP contribution in [0.25, 0.3) is 0 Å². The van der Waals surface area contributed by atoms with Crippen molar-refractivity contribution in [3.63, 3.8) is 0 Å². The first-order valence-electron chi connectivity index (χ1n) is 8.62. The predicted molar refractivity (Wildman–Crippen MR) is 112 cm³/mol. The Labute approximate surface area is 177 Å². The summed E-state index contributed by atoms with van der Waals surface area (Å²) < 4.78 is 0. The van der Waals surface area contributed by atoms with Crippen molar-refractivity contribution in [1.29, 1.82) is 0 Å². The largest absolute Gasteiger partial charge is 0.365 e. The molecule has 11 heteroatoms. The number of pyridine rings is 1. The lowest BCUT2D eigenvalue weighted by atomic mass is 10.1. The maximum atomic E-state index is 12.3. The van der Waals surface area contributed by atoms with E-state index in [9.17, 15) is 14.4 Å². The molecule has 1 fully saturated rings. The number of hydrogen-bond acceptors (Lipinski definition) is 6. The van der Waals surface area contributed by atoms with Gasteiger partial charge in [0.1, 0.15) is 5.82 Å². The Balaban J connectivity index is 0.00000364.